The van der Waals surface area contributed by atoms with Crippen molar-refractivity contribution >= 4 is 11.6 Å². The Labute approximate surface area is 75.9 Å². The summed E-state index contributed by atoms with van der Waals surface area (Å²) in [6, 6.07) is 0. The number of nitrogens with zero attached hydrogens (tertiary/aromatic N) is 2. The molecule has 4 nitrogen and oxygen atoms in total. The molecule has 0 saturated carbocycles. The first-order valence-corrected chi connectivity index (χ1v) is 4.07. The van der Waals surface area contributed by atoms with E-state index in [9.17, 15) is 9.90 Å². The Kier molecular flexibility index (Phi) is 1.60. The minimum Gasteiger partial charge on any atom is -0.362 e. The van der Waals surface area contributed by atoms with Crippen LogP contribution >= 0.6 is 0 Å². The maximum Gasteiger partial charge on any atom is 0.235 e. The van der Waals surface area contributed by atoms with Crippen LogP contribution < -0.4 is 0 Å². The molecule has 2 rings (SSSR count). The highest BCUT2D eigenvalue weighted by molar-refractivity contribution is 6.00. The Morgan fingerprint density at radius 3 is 3.08 bits per heavy atom. The lowest BCUT2D eigenvalue weighted by Gasteiger charge is -2.18. The molecule has 0 fully saturated rings. The summed E-state index contributed by atoms with van der Waals surface area (Å²) >= 11 is 0. The zero-order valence-corrected chi connectivity index (χ0v) is 7.27. The summed E-state index contributed by atoms with van der Waals surface area (Å²) in [5.74, 6) is 0.316. The minimum atomic E-state index is -1.55. The molecule has 0 radical (unpaired) electrons. The highest BCUT2D eigenvalue weighted by atomic mass is 16.3. The summed E-state index contributed by atoms with van der Waals surface area (Å²) in [4.78, 5) is 16.8. The molecule has 0 aliphatic carbocycles. The van der Waals surface area contributed by atoms with Gasteiger partial charge in [-0.05, 0) is 19.1 Å². The Morgan fingerprint density at radius 1 is 1.69 bits per heavy atom. The molecular formula is C9H10N2O2. The number of rotatable bonds is 1. The van der Waals surface area contributed by atoms with Gasteiger partial charge < -0.3 is 10.0 Å². The molecule has 2 heterocycles. The van der Waals surface area contributed by atoms with Crippen LogP contribution in [-0.4, -0.2) is 33.9 Å². The van der Waals surface area contributed by atoms with Crippen LogP contribution in [0.25, 0.3) is 0 Å². The third kappa shape index (κ3) is 1.19. The van der Waals surface area contributed by atoms with E-state index < -0.39 is 5.72 Å². The van der Waals surface area contributed by atoms with Gasteiger partial charge in [-0.1, -0.05) is 6.08 Å². The van der Waals surface area contributed by atoms with Gasteiger partial charge in [-0.25, -0.2) is 4.99 Å². The number of allylic oxidation sites excluding steroid dienone is 2. The van der Waals surface area contributed by atoms with Crippen molar-refractivity contribution in [3.05, 3.63) is 24.4 Å². The van der Waals surface area contributed by atoms with E-state index in [1.54, 1.807) is 17.2 Å². The largest absolute Gasteiger partial charge is 0.362 e. The number of Topliss-reactive ketones (excluding diaryl/α,β-unsaturated/α-hetero) is 1. The lowest BCUT2D eigenvalue weighted by atomic mass is 10.1. The van der Waals surface area contributed by atoms with Crippen LogP contribution in [0, 0.1) is 0 Å². The molecule has 1 atom stereocenters. The van der Waals surface area contributed by atoms with Gasteiger partial charge >= 0.3 is 0 Å². The van der Waals surface area contributed by atoms with Crippen molar-refractivity contribution in [2.75, 3.05) is 6.54 Å². The second-order valence-corrected chi connectivity index (χ2v) is 3.17. The normalized spacial score (nSPS) is 30.3. The Hall–Kier alpha value is -1.42. The van der Waals surface area contributed by atoms with Crippen molar-refractivity contribution in [2.24, 2.45) is 4.99 Å². The summed E-state index contributed by atoms with van der Waals surface area (Å²) in [6.45, 7) is 1.56. The molecule has 0 aromatic carbocycles. The van der Waals surface area contributed by atoms with Gasteiger partial charge in [0, 0.05) is 6.20 Å². The summed E-state index contributed by atoms with van der Waals surface area (Å²) in [5, 5.41) is 9.75. The number of hydrogen-bond acceptors (Lipinski definition) is 4. The van der Waals surface area contributed by atoms with Crippen molar-refractivity contribution in [3.8, 4) is 0 Å². The Bertz CT molecular complexity index is 344. The number of amidine groups is 1. The number of carbonyl (C=O) groups is 1. The van der Waals surface area contributed by atoms with Crippen LogP contribution in [0.2, 0.25) is 0 Å². The number of ketones is 1. The van der Waals surface area contributed by atoms with Gasteiger partial charge in [0.1, 0.15) is 5.84 Å². The number of carbonyl (C=O) groups excluding carboxylic acids is 1. The first-order valence-electron chi connectivity index (χ1n) is 4.07. The average molecular weight is 178 g/mol. The van der Waals surface area contributed by atoms with Gasteiger partial charge in [-0.2, -0.15) is 0 Å². The van der Waals surface area contributed by atoms with Crippen molar-refractivity contribution in [2.45, 2.75) is 12.6 Å². The first-order chi connectivity index (χ1) is 6.12. The molecule has 0 spiro atoms. The van der Waals surface area contributed by atoms with Crippen molar-refractivity contribution in [1.82, 2.24) is 4.90 Å². The molecule has 0 bridgehead atoms. The van der Waals surface area contributed by atoms with Gasteiger partial charge in [0.05, 0.1) is 6.54 Å². The average Bonchev–Trinajstić information content (AvgIpc) is 2.42. The summed E-state index contributed by atoms with van der Waals surface area (Å²) < 4.78 is 0. The Balaban J connectivity index is 2.34. The minimum absolute atomic E-state index is 0.221. The summed E-state index contributed by atoms with van der Waals surface area (Å²) in [7, 11) is 0. The molecule has 1 unspecified atom stereocenters. The third-order valence-corrected chi connectivity index (χ3v) is 2.17. The molecule has 2 aliphatic rings. The van der Waals surface area contributed by atoms with Crippen LogP contribution in [0.15, 0.2) is 29.4 Å². The van der Waals surface area contributed by atoms with Crippen molar-refractivity contribution < 1.29 is 9.90 Å². The van der Waals surface area contributed by atoms with Crippen LogP contribution in [0.4, 0.5) is 0 Å². The Morgan fingerprint density at radius 2 is 2.46 bits per heavy atom. The fourth-order valence-corrected chi connectivity index (χ4v) is 1.35. The van der Waals surface area contributed by atoms with Gasteiger partial charge in [-0.3, -0.25) is 4.79 Å². The topological polar surface area (TPSA) is 52.9 Å². The van der Waals surface area contributed by atoms with E-state index in [0.717, 1.165) is 0 Å². The molecule has 1 N–H and O–H groups in total. The van der Waals surface area contributed by atoms with Gasteiger partial charge in [0.25, 0.3) is 0 Å². The zero-order chi connectivity index (χ0) is 9.47. The number of aliphatic hydroxyl groups is 1. The number of aliphatic imine (C=N–C) groups is 1. The zero-order valence-electron chi connectivity index (χ0n) is 7.27. The summed E-state index contributed by atoms with van der Waals surface area (Å²) in [6.07, 6.45) is 7.22. The van der Waals surface area contributed by atoms with E-state index in [0.29, 0.717) is 5.84 Å². The summed E-state index contributed by atoms with van der Waals surface area (Å²) in [5.41, 5.74) is -1.55. The first kappa shape index (κ1) is 8.19. The van der Waals surface area contributed by atoms with Crippen LogP contribution in [0.3, 0.4) is 0 Å². The van der Waals surface area contributed by atoms with E-state index in [4.69, 9.17) is 0 Å². The van der Waals surface area contributed by atoms with Gasteiger partial charge in [0.2, 0.25) is 5.72 Å². The molecule has 68 valence electrons. The van der Waals surface area contributed by atoms with Gasteiger partial charge in [-0.15, -0.1) is 0 Å². The molecule has 0 aromatic heterocycles. The second kappa shape index (κ2) is 2.53. The number of fused-ring (bicyclic) bond motifs is 1. The fourth-order valence-electron chi connectivity index (χ4n) is 1.35. The maximum absolute atomic E-state index is 11.1. The monoisotopic (exact) mass is 178 g/mol. The molecule has 0 aromatic rings. The molecule has 0 saturated heterocycles. The van der Waals surface area contributed by atoms with E-state index >= 15 is 0 Å². The fraction of sp³-hybridized carbons (Fsp3) is 0.333. The van der Waals surface area contributed by atoms with E-state index in [1.165, 1.54) is 6.92 Å². The lowest BCUT2D eigenvalue weighted by Crippen LogP contribution is -2.39. The smallest absolute Gasteiger partial charge is 0.235 e. The standard InChI is InChI=1S/C9H10N2O2/c1-7(12)9(13)6-11-5-3-2-4-8(11)10-9/h2-5,13H,6H2,1H3. The highest BCUT2D eigenvalue weighted by Gasteiger charge is 2.40. The van der Waals surface area contributed by atoms with Crippen LogP contribution in [0.5, 0.6) is 0 Å². The second-order valence-electron chi connectivity index (χ2n) is 3.17. The molecular weight excluding hydrogens is 168 g/mol. The van der Waals surface area contributed by atoms with Crippen LogP contribution in [-0.2, 0) is 4.79 Å². The quantitative estimate of drug-likeness (QED) is 0.617. The van der Waals surface area contributed by atoms with Crippen molar-refractivity contribution in [1.29, 1.82) is 0 Å². The van der Waals surface area contributed by atoms with E-state index in [2.05, 4.69) is 4.99 Å². The van der Waals surface area contributed by atoms with Gasteiger partial charge in [0.15, 0.2) is 5.78 Å². The SMILES string of the molecule is CC(=O)C1(O)CN2C=CC=CC2=N1. The van der Waals surface area contributed by atoms with Crippen molar-refractivity contribution in [3.63, 3.8) is 0 Å². The highest BCUT2D eigenvalue weighted by Crippen LogP contribution is 2.21. The molecule has 2 aliphatic heterocycles. The van der Waals surface area contributed by atoms with E-state index in [-0.39, 0.29) is 12.3 Å². The third-order valence-electron chi connectivity index (χ3n) is 2.17. The predicted molar refractivity (Wildman–Crippen MR) is 48.1 cm³/mol. The predicted octanol–water partition coefficient (Wildman–Crippen LogP) is 0.0616. The number of hydrogen-bond donors (Lipinski definition) is 1. The maximum atomic E-state index is 11.1. The molecule has 13 heavy (non-hydrogen) atoms. The molecule has 0 amide bonds. The van der Waals surface area contributed by atoms with E-state index in [1.807, 2.05) is 12.2 Å². The van der Waals surface area contributed by atoms with Crippen LogP contribution in [0.1, 0.15) is 6.92 Å². The lowest BCUT2D eigenvalue weighted by molar-refractivity contribution is -0.133. The molecule has 4 heteroatoms.